The lowest BCUT2D eigenvalue weighted by atomic mass is 9.95. The molecule has 5 heteroatoms. The van der Waals surface area contributed by atoms with Crippen molar-refractivity contribution in [3.05, 3.63) is 87.6 Å². The van der Waals surface area contributed by atoms with Gasteiger partial charge in [-0.05, 0) is 41.6 Å². The number of aromatic hydroxyl groups is 1. The number of piperazine rings is 1. The van der Waals surface area contributed by atoms with Crippen LogP contribution >= 0.6 is 11.3 Å². The van der Waals surface area contributed by atoms with E-state index in [-0.39, 0.29) is 17.6 Å². The second-order valence-electron chi connectivity index (χ2n) is 7.57. The van der Waals surface area contributed by atoms with Gasteiger partial charge in [0.25, 0.3) is 0 Å². The highest BCUT2D eigenvalue weighted by Gasteiger charge is 2.27. The Morgan fingerprint density at radius 3 is 2.38 bits per heavy atom. The van der Waals surface area contributed by atoms with Gasteiger partial charge in [0.2, 0.25) is 0 Å². The van der Waals surface area contributed by atoms with Crippen molar-refractivity contribution < 1.29 is 9.90 Å². The monoisotopic (exact) mass is 406 g/mol. The summed E-state index contributed by atoms with van der Waals surface area (Å²) in [5.41, 5.74) is 2.95. The summed E-state index contributed by atoms with van der Waals surface area (Å²) < 4.78 is 0. The van der Waals surface area contributed by atoms with Crippen molar-refractivity contribution in [3.8, 4) is 5.75 Å². The molecule has 1 aliphatic heterocycles. The first-order valence-electron chi connectivity index (χ1n) is 9.99. The molecule has 1 saturated heterocycles. The van der Waals surface area contributed by atoms with Crippen LogP contribution in [0.1, 0.15) is 39.3 Å². The number of phenols is 1. The molecule has 1 N–H and O–H groups in total. The zero-order chi connectivity index (χ0) is 20.2. The van der Waals surface area contributed by atoms with Gasteiger partial charge in [0.15, 0.2) is 5.78 Å². The highest BCUT2D eigenvalue weighted by atomic mass is 32.1. The van der Waals surface area contributed by atoms with Gasteiger partial charge in [-0.3, -0.25) is 14.6 Å². The number of phenolic OH excluding ortho intramolecular Hbond substituents is 1. The van der Waals surface area contributed by atoms with E-state index in [0.717, 1.165) is 49.4 Å². The third-order valence-corrected chi connectivity index (χ3v) is 6.41. The van der Waals surface area contributed by atoms with Gasteiger partial charge >= 0.3 is 0 Å². The summed E-state index contributed by atoms with van der Waals surface area (Å²) in [6.07, 6.45) is 0. The Morgan fingerprint density at radius 1 is 1.00 bits per heavy atom. The van der Waals surface area contributed by atoms with Crippen LogP contribution in [0.2, 0.25) is 0 Å². The van der Waals surface area contributed by atoms with Gasteiger partial charge in [0, 0.05) is 43.2 Å². The number of Topliss-reactive ketones (excluding diaryl/α,β-unsaturated/α-hetero) is 1. The minimum atomic E-state index is 0.0620. The van der Waals surface area contributed by atoms with Crippen LogP contribution in [0.5, 0.6) is 5.75 Å². The molecule has 0 saturated carbocycles. The van der Waals surface area contributed by atoms with E-state index in [1.807, 2.05) is 47.7 Å². The standard InChI is InChI=1S/C24H26N2O2S/c1-18(27)19-7-9-20(10-8-19)24(21-4-2-5-22(28)16-21)26-13-11-25(12-14-26)17-23-6-3-15-29-23/h2-10,15-16,24,28H,11-14,17H2,1H3. The molecule has 0 aliphatic carbocycles. The molecule has 4 nitrogen and oxygen atoms in total. The van der Waals surface area contributed by atoms with Crippen molar-refractivity contribution in [2.45, 2.75) is 19.5 Å². The molecule has 29 heavy (non-hydrogen) atoms. The third-order valence-electron chi connectivity index (χ3n) is 5.55. The van der Waals surface area contributed by atoms with E-state index in [1.54, 1.807) is 13.0 Å². The molecule has 0 amide bonds. The smallest absolute Gasteiger partial charge is 0.159 e. The van der Waals surface area contributed by atoms with Gasteiger partial charge in [-0.1, -0.05) is 42.5 Å². The molecule has 2 aromatic carbocycles. The maximum Gasteiger partial charge on any atom is 0.159 e. The number of carbonyl (C=O) groups excluding carboxylic acids is 1. The second kappa shape index (κ2) is 8.91. The highest BCUT2D eigenvalue weighted by molar-refractivity contribution is 7.09. The lowest BCUT2D eigenvalue weighted by molar-refractivity contribution is 0.101. The first kappa shape index (κ1) is 19.8. The molecule has 0 bridgehead atoms. The SMILES string of the molecule is CC(=O)c1ccc(C(c2cccc(O)c2)N2CCN(Cc3cccs3)CC2)cc1. The van der Waals surface area contributed by atoms with Gasteiger partial charge < -0.3 is 5.11 Å². The topological polar surface area (TPSA) is 43.8 Å². The van der Waals surface area contributed by atoms with Gasteiger partial charge in [0.1, 0.15) is 5.75 Å². The van der Waals surface area contributed by atoms with E-state index >= 15 is 0 Å². The summed E-state index contributed by atoms with van der Waals surface area (Å²) in [6, 6.07) is 19.8. The summed E-state index contributed by atoms with van der Waals surface area (Å²) in [5.74, 6) is 0.358. The first-order valence-corrected chi connectivity index (χ1v) is 10.9. The molecule has 1 atom stereocenters. The van der Waals surface area contributed by atoms with Crippen LogP contribution < -0.4 is 0 Å². The number of benzene rings is 2. The quantitative estimate of drug-likeness (QED) is 0.610. The van der Waals surface area contributed by atoms with Gasteiger partial charge in [-0.25, -0.2) is 0 Å². The predicted octanol–water partition coefficient (Wildman–Crippen LogP) is 4.56. The van der Waals surface area contributed by atoms with Crippen molar-refractivity contribution >= 4 is 17.1 Å². The number of hydrogen-bond acceptors (Lipinski definition) is 5. The minimum Gasteiger partial charge on any atom is -0.508 e. The van der Waals surface area contributed by atoms with Crippen LogP contribution in [0.25, 0.3) is 0 Å². The van der Waals surface area contributed by atoms with Crippen molar-refractivity contribution in [1.82, 2.24) is 9.80 Å². The normalized spacial score (nSPS) is 16.6. The Kier molecular flexibility index (Phi) is 6.09. The average molecular weight is 407 g/mol. The molecule has 3 aromatic rings. The van der Waals surface area contributed by atoms with E-state index in [9.17, 15) is 9.90 Å². The van der Waals surface area contributed by atoms with E-state index in [1.165, 1.54) is 4.88 Å². The van der Waals surface area contributed by atoms with Gasteiger partial charge in [0.05, 0.1) is 6.04 Å². The summed E-state index contributed by atoms with van der Waals surface area (Å²) in [6.45, 7) is 6.54. The van der Waals surface area contributed by atoms with Crippen LogP contribution in [-0.2, 0) is 6.54 Å². The maximum absolute atomic E-state index is 11.7. The van der Waals surface area contributed by atoms with Crippen LogP contribution in [-0.4, -0.2) is 46.9 Å². The molecule has 1 fully saturated rings. The molecule has 1 aromatic heterocycles. The summed E-state index contributed by atoms with van der Waals surface area (Å²) in [5, 5.41) is 12.2. The summed E-state index contributed by atoms with van der Waals surface area (Å²) in [7, 11) is 0. The first-order chi connectivity index (χ1) is 14.1. The number of hydrogen-bond donors (Lipinski definition) is 1. The van der Waals surface area contributed by atoms with E-state index in [0.29, 0.717) is 0 Å². The Labute approximate surface area is 176 Å². The molecule has 1 unspecified atom stereocenters. The van der Waals surface area contributed by atoms with Crippen LogP contribution in [0, 0.1) is 0 Å². The number of rotatable bonds is 6. The highest BCUT2D eigenvalue weighted by Crippen LogP contribution is 2.32. The Morgan fingerprint density at radius 2 is 1.76 bits per heavy atom. The van der Waals surface area contributed by atoms with Gasteiger partial charge in [-0.15, -0.1) is 11.3 Å². The lowest BCUT2D eigenvalue weighted by Gasteiger charge is -2.39. The van der Waals surface area contributed by atoms with Crippen molar-refractivity contribution in [1.29, 1.82) is 0 Å². The zero-order valence-electron chi connectivity index (χ0n) is 16.6. The largest absolute Gasteiger partial charge is 0.508 e. The fraction of sp³-hybridized carbons (Fsp3) is 0.292. The molecular formula is C24H26N2O2S. The predicted molar refractivity (Wildman–Crippen MR) is 118 cm³/mol. The molecule has 1 aliphatic rings. The summed E-state index contributed by atoms with van der Waals surface area (Å²) in [4.78, 5) is 18.0. The molecular weight excluding hydrogens is 380 g/mol. The molecule has 4 rings (SSSR count). The molecule has 150 valence electrons. The lowest BCUT2D eigenvalue weighted by Crippen LogP contribution is -2.47. The maximum atomic E-state index is 11.7. The Balaban J connectivity index is 1.55. The molecule has 0 radical (unpaired) electrons. The number of ketones is 1. The average Bonchev–Trinajstić information content (AvgIpc) is 3.23. The Hall–Kier alpha value is -2.47. The van der Waals surface area contributed by atoms with Gasteiger partial charge in [-0.2, -0.15) is 0 Å². The fourth-order valence-electron chi connectivity index (χ4n) is 4.01. The summed E-state index contributed by atoms with van der Waals surface area (Å²) >= 11 is 1.81. The Bertz CT molecular complexity index is 945. The van der Waals surface area contributed by atoms with Crippen molar-refractivity contribution in [2.75, 3.05) is 26.2 Å². The van der Waals surface area contributed by atoms with Crippen molar-refractivity contribution in [3.63, 3.8) is 0 Å². The minimum absolute atomic E-state index is 0.0620. The number of thiophene rings is 1. The van der Waals surface area contributed by atoms with Crippen LogP contribution in [0.4, 0.5) is 0 Å². The van der Waals surface area contributed by atoms with E-state index in [4.69, 9.17) is 0 Å². The molecule has 2 heterocycles. The van der Waals surface area contributed by atoms with Crippen LogP contribution in [0.15, 0.2) is 66.0 Å². The number of carbonyl (C=O) groups is 1. The van der Waals surface area contributed by atoms with E-state index in [2.05, 4.69) is 33.4 Å². The molecule has 0 spiro atoms. The number of nitrogens with zero attached hydrogens (tertiary/aromatic N) is 2. The van der Waals surface area contributed by atoms with Crippen LogP contribution in [0.3, 0.4) is 0 Å². The fourth-order valence-corrected chi connectivity index (χ4v) is 4.76. The third kappa shape index (κ3) is 4.75. The second-order valence-corrected chi connectivity index (χ2v) is 8.60. The zero-order valence-corrected chi connectivity index (χ0v) is 17.4. The van der Waals surface area contributed by atoms with Crippen molar-refractivity contribution in [2.24, 2.45) is 0 Å². The van der Waals surface area contributed by atoms with E-state index < -0.39 is 0 Å².